The molecule has 1 amide bonds. The highest BCUT2D eigenvalue weighted by Crippen LogP contribution is 2.16. The Labute approximate surface area is 152 Å². The van der Waals surface area contributed by atoms with Crippen LogP contribution in [-0.2, 0) is 6.54 Å². The molecule has 1 aromatic heterocycles. The van der Waals surface area contributed by atoms with E-state index in [0.29, 0.717) is 16.9 Å². The summed E-state index contributed by atoms with van der Waals surface area (Å²) in [7, 11) is 1.98. The van der Waals surface area contributed by atoms with Crippen LogP contribution in [0.15, 0.2) is 72.9 Å². The van der Waals surface area contributed by atoms with Gasteiger partial charge in [0, 0.05) is 19.3 Å². The number of carbonyl (C=O) groups is 1. The normalized spacial score (nSPS) is 10.0. The number of rotatable bonds is 5. The van der Waals surface area contributed by atoms with Crippen LogP contribution in [0.1, 0.15) is 21.6 Å². The number of hydrogen-bond acceptors (Lipinski definition) is 4. The molecule has 0 saturated carbocycles. The number of nitrogens with one attached hydrogen (secondary N) is 1. The highest BCUT2D eigenvalue weighted by atomic mass is 16.1. The Bertz CT molecular complexity index is 930. The zero-order valence-corrected chi connectivity index (χ0v) is 14.4. The van der Waals surface area contributed by atoms with Crippen LogP contribution < -0.4 is 10.2 Å². The second-order valence-corrected chi connectivity index (χ2v) is 5.89. The molecule has 0 unspecified atom stereocenters. The van der Waals surface area contributed by atoms with Crippen LogP contribution in [0.4, 0.5) is 11.4 Å². The molecule has 0 aliphatic carbocycles. The van der Waals surface area contributed by atoms with Crippen molar-refractivity contribution in [1.29, 1.82) is 5.26 Å². The largest absolute Gasteiger partial charge is 0.369 e. The number of anilines is 2. The van der Waals surface area contributed by atoms with Gasteiger partial charge >= 0.3 is 0 Å². The van der Waals surface area contributed by atoms with Gasteiger partial charge in [-0.3, -0.25) is 4.79 Å². The third kappa shape index (κ3) is 4.25. The number of benzene rings is 2. The molecule has 5 nitrogen and oxygen atoms in total. The minimum atomic E-state index is -0.308. The zero-order chi connectivity index (χ0) is 18.4. The fourth-order valence-corrected chi connectivity index (χ4v) is 2.56. The van der Waals surface area contributed by atoms with Gasteiger partial charge in [-0.1, -0.05) is 36.4 Å². The van der Waals surface area contributed by atoms with E-state index in [2.05, 4.69) is 27.3 Å². The number of pyridine rings is 1. The van der Waals surface area contributed by atoms with Crippen molar-refractivity contribution >= 4 is 17.3 Å². The fourth-order valence-electron chi connectivity index (χ4n) is 2.56. The van der Waals surface area contributed by atoms with Crippen molar-refractivity contribution < 1.29 is 4.79 Å². The van der Waals surface area contributed by atoms with E-state index in [1.165, 1.54) is 5.56 Å². The van der Waals surface area contributed by atoms with Gasteiger partial charge < -0.3 is 10.2 Å². The molecule has 1 N–H and O–H groups in total. The third-order valence-corrected chi connectivity index (χ3v) is 3.93. The highest BCUT2D eigenvalue weighted by Gasteiger charge is 2.09. The third-order valence-electron chi connectivity index (χ3n) is 3.93. The first-order valence-electron chi connectivity index (χ1n) is 8.18. The topological polar surface area (TPSA) is 69.0 Å². The second kappa shape index (κ2) is 7.95. The summed E-state index contributed by atoms with van der Waals surface area (Å²) in [5.41, 5.74) is 3.52. The average Bonchev–Trinajstić information content (AvgIpc) is 2.69. The smallest absolute Gasteiger partial charge is 0.274 e. The molecule has 2 aromatic carbocycles. The van der Waals surface area contributed by atoms with E-state index in [9.17, 15) is 4.79 Å². The summed E-state index contributed by atoms with van der Waals surface area (Å²) in [6.07, 6.45) is 1.68. The van der Waals surface area contributed by atoms with E-state index >= 15 is 0 Å². The lowest BCUT2D eigenvalue weighted by atomic mass is 10.2. The van der Waals surface area contributed by atoms with E-state index in [1.54, 1.807) is 36.5 Å². The van der Waals surface area contributed by atoms with Crippen molar-refractivity contribution in [2.24, 2.45) is 0 Å². The Morgan fingerprint density at radius 2 is 1.92 bits per heavy atom. The molecule has 0 fully saturated rings. The summed E-state index contributed by atoms with van der Waals surface area (Å²) in [6, 6.07) is 22.5. The minimum Gasteiger partial charge on any atom is -0.369 e. The zero-order valence-electron chi connectivity index (χ0n) is 14.4. The monoisotopic (exact) mass is 342 g/mol. The number of nitrogens with zero attached hydrogens (tertiary/aromatic N) is 3. The van der Waals surface area contributed by atoms with Crippen molar-refractivity contribution in [1.82, 2.24) is 4.98 Å². The predicted molar refractivity (Wildman–Crippen MR) is 102 cm³/mol. The predicted octanol–water partition coefficient (Wildman–Crippen LogP) is 3.84. The van der Waals surface area contributed by atoms with Gasteiger partial charge in [-0.05, 0) is 35.9 Å². The van der Waals surface area contributed by atoms with Gasteiger partial charge in [0.2, 0.25) is 0 Å². The van der Waals surface area contributed by atoms with E-state index in [0.717, 1.165) is 12.2 Å². The van der Waals surface area contributed by atoms with Crippen LogP contribution >= 0.6 is 0 Å². The highest BCUT2D eigenvalue weighted by molar-refractivity contribution is 6.03. The van der Waals surface area contributed by atoms with Gasteiger partial charge in [-0.2, -0.15) is 5.26 Å². The van der Waals surface area contributed by atoms with Crippen molar-refractivity contribution in [3.8, 4) is 6.07 Å². The molecule has 0 atom stereocenters. The van der Waals surface area contributed by atoms with E-state index in [-0.39, 0.29) is 5.91 Å². The van der Waals surface area contributed by atoms with Crippen LogP contribution in [0, 0.1) is 11.3 Å². The number of amides is 1. The average molecular weight is 342 g/mol. The van der Waals surface area contributed by atoms with E-state index < -0.39 is 0 Å². The summed E-state index contributed by atoms with van der Waals surface area (Å²) in [5.74, 6) is -0.308. The standard InChI is InChI=1S/C21H18N4O/c1-25(15-16-6-3-2-4-7-16)19-10-11-20(23-14-19)21(26)24-18-9-5-8-17(12-18)13-22/h2-12,14H,15H2,1H3,(H,24,26). The van der Waals surface area contributed by atoms with Crippen LogP contribution in [-0.4, -0.2) is 17.9 Å². The Morgan fingerprint density at radius 3 is 2.62 bits per heavy atom. The van der Waals surface area contributed by atoms with Crippen molar-refractivity contribution in [3.05, 3.63) is 89.7 Å². The first kappa shape index (κ1) is 17.2. The maximum atomic E-state index is 12.3. The molecule has 26 heavy (non-hydrogen) atoms. The van der Waals surface area contributed by atoms with Crippen LogP contribution in [0.2, 0.25) is 0 Å². The summed E-state index contributed by atoms with van der Waals surface area (Å²) in [5, 5.41) is 11.7. The molecule has 0 saturated heterocycles. The van der Waals surface area contributed by atoms with Gasteiger partial charge in [-0.15, -0.1) is 0 Å². The van der Waals surface area contributed by atoms with Gasteiger partial charge in [0.05, 0.1) is 23.5 Å². The molecule has 128 valence electrons. The van der Waals surface area contributed by atoms with Crippen molar-refractivity contribution in [2.75, 3.05) is 17.3 Å². The quantitative estimate of drug-likeness (QED) is 0.765. The molecule has 3 aromatic rings. The summed E-state index contributed by atoms with van der Waals surface area (Å²) in [6.45, 7) is 0.759. The van der Waals surface area contributed by atoms with Crippen LogP contribution in [0.5, 0.6) is 0 Å². The summed E-state index contributed by atoms with van der Waals surface area (Å²) in [4.78, 5) is 18.6. The molecule has 0 radical (unpaired) electrons. The van der Waals surface area contributed by atoms with E-state index in [4.69, 9.17) is 5.26 Å². The molecule has 0 bridgehead atoms. The van der Waals surface area contributed by atoms with Gasteiger partial charge in [0.25, 0.3) is 5.91 Å². The molecule has 0 aliphatic rings. The number of nitriles is 1. The number of carbonyl (C=O) groups excluding carboxylic acids is 1. The molecule has 0 aliphatic heterocycles. The van der Waals surface area contributed by atoms with Crippen LogP contribution in [0.3, 0.4) is 0 Å². The second-order valence-electron chi connectivity index (χ2n) is 5.89. The molecule has 3 rings (SSSR count). The lowest BCUT2D eigenvalue weighted by Crippen LogP contribution is -2.18. The summed E-state index contributed by atoms with van der Waals surface area (Å²) < 4.78 is 0. The maximum absolute atomic E-state index is 12.3. The molecule has 0 spiro atoms. The Hall–Kier alpha value is -3.65. The van der Waals surface area contributed by atoms with Gasteiger partial charge in [0.15, 0.2) is 0 Å². The van der Waals surface area contributed by atoms with E-state index in [1.807, 2.05) is 37.4 Å². The SMILES string of the molecule is CN(Cc1ccccc1)c1ccc(C(=O)Nc2cccc(C#N)c2)nc1. The van der Waals surface area contributed by atoms with Crippen molar-refractivity contribution in [2.45, 2.75) is 6.54 Å². The Kier molecular flexibility index (Phi) is 5.25. The number of aromatic nitrogens is 1. The van der Waals surface area contributed by atoms with Gasteiger partial charge in [0.1, 0.15) is 5.69 Å². The minimum absolute atomic E-state index is 0.308. The number of hydrogen-bond donors (Lipinski definition) is 1. The first-order chi connectivity index (χ1) is 12.7. The van der Waals surface area contributed by atoms with Crippen molar-refractivity contribution in [3.63, 3.8) is 0 Å². The summed E-state index contributed by atoms with van der Waals surface area (Å²) >= 11 is 0. The fraction of sp³-hybridized carbons (Fsp3) is 0.0952. The molecular weight excluding hydrogens is 324 g/mol. The van der Waals surface area contributed by atoms with Crippen LogP contribution in [0.25, 0.3) is 0 Å². The Balaban J connectivity index is 1.66. The first-order valence-corrected chi connectivity index (χ1v) is 8.18. The Morgan fingerprint density at radius 1 is 1.12 bits per heavy atom. The molecule has 5 heteroatoms. The lowest BCUT2D eigenvalue weighted by molar-refractivity contribution is 0.102. The molecular formula is C21H18N4O. The maximum Gasteiger partial charge on any atom is 0.274 e. The van der Waals surface area contributed by atoms with Gasteiger partial charge in [-0.25, -0.2) is 4.98 Å². The lowest BCUT2D eigenvalue weighted by Gasteiger charge is -2.19. The molecule has 1 heterocycles.